The number of nitrogens with zero attached hydrogens (tertiary/aromatic N) is 2. The van der Waals surface area contributed by atoms with Crippen molar-refractivity contribution in [3.05, 3.63) is 99.6 Å². The SMILES string of the molecule is Cc1nn(-c2ccccc2)c(OC(=O)c2cc(Br)ccc2Cl)c1Sc1ccccc1. The van der Waals surface area contributed by atoms with Crippen LogP contribution in [0.25, 0.3) is 5.69 Å². The lowest BCUT2D eigenvalue weighted by atomic mass is 10.2. The number of hydrogen-bond acceptors (Lipinski definition) is 4. The summed E-state index contributed by atoms with van der Waals surface area (Å²) in [5, 5.41) is 4.96. The van der Waals surface area contributed by atoms with E-state index in [4.69, 9.17) is 16.3 Å². The maximum atomic E-state index is 13.0. The fraction of sp³-hybridized carbons (Fsp3) is 0.0435. The quantitative estimate of drug-likeness (QED) is 0.278. The van der Waals surface area contributed by atoms with E-state index in [0.29, 0.717) is 10.9 Å². The van der Waals surface area contributed by atoms with E-state index in [0.717, 1.165) is 25.6 Å². The van der Waals surface area contributed by atoms with E-state index in [-0.39, 0.29) is 5.56 Å². The second-order valence-electron chi connectivity index (χ2n) is 6.40. The fourth-order valence-corrected chi connectivity index (χ4v) is 4.33. The summed E-state index contributed by atoms with van der Waals surface area (Å²) in [7, 11) is 0. The molecule has 0 radical (unpaired) electrons. The van der Waals surface area contributed by atoms with Gasteiger partial charge in [-0.05, 0) is 49.4 Å². The summed E-state index contributed by atoms with van der Waals surface area (Å²) in [4.78, 5) is 14.8. The lowest BCUT2D eigenvalue weighted by Crippen LogP contribution is -2.13. The standard InChI is InChI=1S/C23H16BrClN2O2S/c1-15-21(30-18-10-6-3-7-11-18)22(27(26-15)17-8-4-2-5-9-17)29-23(28)19-14-16(24)12-13-20(19)25/h2-14H,1H3. The number of hydrogen-bond donors (Lipinski definition) is 0. The minimum atomic E-state index is -0.548. The lowest BCUT2D eigenvalue weighted by Gasteiger charge is -2.11. The third kappa shape index (κ3) is 4.46. The molecule has 3 aromatic carbocycles. The van der Waals surface area contributed by atoms with Crippen LogP contribution in [0.1, 0.15) is 16.1 Å². The van der Waals surface area contributed by atoms with E-state index in [9.17, 15) is 4.79 Å². The predicted molar refractivity (Wildman–Crippen MR) is 123 cm³/mol. The van der Waals surface area contributed by atoms with Gasteiger partial charge in [0.1, 0.15) is 0 Å². The van der Waals surface area contributed by atoms with Gasteiger partial charge >= 0.3 is 5.97 Å². The first kappa shape index (κ1) is 20.7. The molecule has 1 heterocycles. The molecule has 4 aromatic rings. The molecule has 0 saturated heterocycles. The van der Waals surface area contributed by atoms with Crippen LogP contribution in [0.3, 0.4) is 0 Å². The third-order valence-corrected chi connectivity index (χ3v) is 6.27. The molecule has 0 spiro atoms. The molecular weight excluding hydrogens is 484 g/mol. The molecule has 0 unspecified atom stereocenters. The minimum absolute atomic E-state index is 0.278. The fourth-order valence-electron chi connectivity index (χ4n) is 2.85. The maximum Gasteiger partial charge on any atom is 0.346 e. The number of rotatable bonds is 5. The van der Waals surface area contributed by atoms with Gasteiger partial charge in [0.05, 0.1) is 26.9 Å². The van der Waals surface area contributed by atoms with Crippen LogP contribution in [-0.4, -0.2) is 15.7 Å². The van der Waals surface area contributed by atoms with E-state index in [2.05, 4.69) is 21.0 Å². The van der Waals surface area contributed by atoms with Gasteiger partial charge in [0.2, 0.25) is 5.88 Å². The monoisotopic (exact) mass is 498 g/mol. The molecule has 0 atom stereocenters. The van der Waals surface area contributed by atoms with Crippen molar-refractivity contribution >= 4 is 45.3 Å². The normalized spacial score (nSPS) is 10.8. The van der Waals surface area contributed by atoms with Crippen molar-refractivity contribution in [1.29, 1.82) is 0 Å². The van der Waals surface area contributed by atoms with Gasteiger partial charge in [-0.25, -0.2) is 4.79 Å². The van der Waals surface area contributed by atoms with Crippen molar-refractivity contribution in [2.24, 2.45) is 0 Å². The number of aryl methyl sites for hydroxylation is 1. The molecule has 0 amide bonds. The van der Waals surface area contributed by atoms with Crippen molar-refractivity contribution < 1.29 is 9.53 Å². The van der Waals surface area contributed by atoms with Gasteiger partial charge in [0.15, 0.2) is 0 Å². The molecular formula is C23H16BrClN2O2S. The zero-order valence-electron chi connectivity index (χ0n) is 15.9. The number of ether oxygens (including phenoxy) is 1. The summed E-state index contributed by atoms with van der Waals surface area (Å²) in [6.45, 7) is 1.90. The van der Waals surface area contributed by atoms with E-state index in [1.807, 2.05) is 67.6 Å². The van der Waals surface area contributed by atoms with Crippen LogP contribution in [0.15, 0.2) is 93.1 Å². The highest BCUT2D eigenvalue weighted by Crippen LogP contribution is 2.39. The average Bonchev–Trinajstić information content (AvgIpc) is 3.06. The van der Waals surface area contributed by atoms with Gasteiger partial charge in [0.25, 0.3) is 0 Å². The second-order valence-corrected chi connectivity index (χ2v) is 8.80. The number of esters is 1. The maximum absolute atomic E-state index is 13.0. The molecule has 0 saturated carbocycles. The van der Waals surface area contributed by atoms with Crippen LogP contribution < -0.4 is 4.74 Å². The third-order valence-electron chi connectivity index (χ3n) is 4.27. The van der Waals surface area contributed by atoms with Gasteiger partial charge < -0.3 is 4.74 Å². The van der Waals surface area contributed by atoms with Gasteiger partial charge in [-0.3, -0.25) is 0 Å². The highest BCUT2D eigenvalue weighted by atomic mass is 79.9. The molecule has 150 valence electrons. The zero-order valence-corrected chi connectivity index (χ0v) is 19.0. The number of halogens is 2. The zero-order chi connectivity index (χ0) is 21.1. The van der Waals surface area contributed by atoms with Crippen molar-refractivity contribution in [1.82, 2.24) is 9.78 Å². The van der Waals surface area contributed by atoms with Crippen LogP contribution in [0.5, 0.6) is 5.88 Å². The average molecular weight is 500 g/mol. The number of aromatic nitrogens is 2. The molecule has 4 nitrogen and oxygen atoms in total. The van der Waals surface area contributed by atoms with E-state index in [1.165, 1.54) is 11.8 Å². The minimum Gasteiger partial charge on any atom is -0.402 e. The van der Waals surface area contributed by atoms with Crippen LogP contribution in [0.4, 0.5) is 0 Å². The molecule has 1 aromatic heterocycles. The molecule has 0 aliphatic rings. The van der Waals surface area contributed by atoms with Crippen LogP contribution >= 0.6 is 39.3 Å². The molecule has 0 bridgehead atoms. The first-order valence-corrected chi connectivity index (χ1v) is 11.1. The Morgan fingerprint density at radius 1 is 1.03 bits per heavy atom. The van der Waals surface area contributed by atoms with Gasteiger partial charge in [0, 0.05) is 9.37 Å². The topological polar surface area (TPSA) is 44.1 Å². The molecule has 30 heavy (non-hydrogen) atoms. The van der Waals surface area contributed by atoms with Crippen molar-refractivity contribution in [3.63, 3.8) is 0 Å². The number of carbonyl (C=O) groups is 1. The number of para-hydroxylation sites is 1. The van der Waals surface area contributed by atoms with E-state index >= 15 is 0 Å². The Hall–Kier alpha value is -2.54. The Morgan fingerprint density at radius 3 is 2.40 bits per heavy atom. The molecule has 0 aliphatic heterocycles. The largest absolute Gasteiger partial charge is 0.402 e. The van der Waals surface area contributed by atoms with E-state index < -0.39 is 5.97 Å². The van der Waals surface area contributed by atoms with Crippen LogP contribution in [0, 0.1) is 6.92 Å². The Balaban J connectivity index is 1.79. The summed E-state index contributed by atoms with van der Waals surface area (Å²) in [6.07, 6.45) is 0. The van der Waals surface area contributed by atoms with Crippen molar-refractivity contribution in [2.45, 2.75) is 16.7 Å². The summed E-state index contributed by atoms with van der Waals surface area (Å²) in [5.41, 5.74) is 1.83. The number of carbonyl (C=O) groups excluding carboxylic acids is 1. The Bertz CT molecular complexity index is 1200. The molecule has 0 aliphatic carbocycles. The Labute approximate surface area is 192 Å². The van der Waals surface area contributed by atoms with Crippen LogP contribution in [-0.2, 0) is 0 Å². The van der Waals surface area contributed by atoms with Gasteiger partial charge in [-0.2, -0.15) is 9.78 Å². The highest BCUT2D eigenvalue weighted by Gasteiger charge is 2.23. The van der Waals surface area contributed by atoms with Crippen molar-refractivity contribution in [3.8, 4) is 11.6 Å². The van der Waals surface area contributed by atoms with Crippen molar-refractivity contribution in [2.75, 3.05) is 0 Å². The van der Waals surface area contributed by atoms with Crippen LogP contribution in [0.2, 0.25) is 5.02 Å². The Kier molecular flexibility index (Phi) is 6.27. The first-order chi connectivity index (χ1) is 14.5. The molecule has 4 rings (SSSR count). The van der Waals surface area contributed by atoms with Gasteiger partial charge in [-0.1, -0.05) is 75.7 Å². The Morgan fingerprint density at radius 2 is 1.70 bits per heavy atom. The molecule has 7 heteroatoms. The summed E-state index contributed by atoms with van der Waals surface area (Å²) in [6, 6.07) is 24.5. The predicted octanol–water partition coefficient (Wildman–Crippen LogP) is 6.97. The molecule has 0 fully saturated rings. The smallest absolute Gasteiger partial charge is 0.346 e. The first-order valence-electron chi connectivity index (χ1n) is 9.08. The molecule has 0 N–H and O–H groups in total. The summed E-state index contributed by atoms with van der Waals surface area (Å²) >= 11 is 11.1. The lowest BCUT2D eigenvalue weighted by molar-refractivity contribution is 0.0718. The summed E-state index contributed by atoms with van der Waals surface area (Å²) < 4.78 is 8.27. The highest BCUT2D eigenvalue weighted by molar-refractivity contribution is 9.10. The van der Waals surface area contributed by atoms with Gasteiger partial charge in [-0.15, -0.1) is 0 Å². The van der Waals surface area contributed by atoms with E-state index in [1.54, 1.807) is 22.9 Å². The second kappa shape index (κ2) is 9.08. The summed E-state index contributed by atoms with van der Waals surface area (Å²) in [5.74, 6) is -0.193. The number of benzene rings is 3.